The number of benzene rings is 1. The van der Waals surface area contributed by atoms with E-state index in [4.69, 9.17) is 28.3 Å². The Morgan fingerprint density at radius 1 is 1.33 bits per heavy atom. The van der Waals surface area contributed by atoms with Gasteiger partial charge in [-0.1, -0.05) is 0 Å². The Labute approximate surface area is 159 Å². The van der Waals surface area contributed by atoms with Crippen LogP contribution in [0.3, 0.4) is 0 Å². The summed E-state index contributed by atoms with van der Waals surface area (Å²) in [6, 6.07) is 6.28. The second-order valence-electron chi connectivity index (χ2n) is 5.62. The molecule has 0 radical (unpaired) electrons. The molecule has 1 heterocycles. The topological polar surface area (TPSA) is 55.8 Å². The Morgan fingerprint density at radius 3 is 2.58 bits per heavy atom. The smallest absolute Gasteiger partial charge is 0.303 e. The van der Waals surface area contributed by atoms with Crippen LogP contribution in [-0.2, 0) is 4.79 Å². The quantitative estimate of drug-likeness (QED) is 0.621. The van der Waals surface area contributed by atoms with Gasteiger partial charge in [0.05, 0.1) is 17.5 Å². The standard InChI is InChI=1S/C16H23Cl2N3O2.ClH/c1-20-14-6-5-12(21(9-7-17)10-8-18)11-13(14)19-15(20)3-2-4-16(22)23;/h5-6,11,15,19H,2-4,7-10H2,1H3,(H,22,23);1H. The molecule has 8 heteroatoms. The molecule has 0 aromatic heterocycles. The summed E-state index contributed by atoms with van der Waals surface area (Å²) in [4.78, 5) is 15.0. The van der Waals surface area contributed by atoms with Crippen LogP contribution >= 0.6 is 35.6 Å². The number of hydrogen-bond acceptors (Lipinski definition) is 4. The Hall–Kier alpha value is -1.04. The molecular weight excluding hydrogens is 373 g/mol. The minimum atomic E-state index is -0.747. The second kappa shape index (κ2) is 10.1. The van der Waals surface area contributed by atoms with Gasteiger partial charge in [-0.25, -0.2) is 0 Å². The first-order valence-corrected chi connectivity index (χ1v) is 8.85. The average molecular weight is 397 g/mol. The monoisotopic (exact) mass is 395 g/mol. The first kappa shape index (κ1) is 21.0. The number of halogens is 3. The van der Waals surface area contributed by atoms with Gasteiger partial charge in [-0.15, -0.1) is 35.6 Å². The van der Waals surface area contributed by atoms with Gasteiger partial charge >= 0.3 is 5.97 Å². The van der Waals surface area contributed by atoms with E-state index >= 15 is 0 Å². The molecule has 0 amide bonds. The van der Waals surface area contributed by atoms with Crippen LogP contribution in [-0.4, -0.2) is 49.1 Å². The van der Waals surface area contributed by atoms with Gasteiger partial charge in [0.1, 0.15) is 0 Å². The van der Waals surface area contributed by atoms with E-state index in [2.05, 4.69) is 33.3 Å². The fourth-order valence-electron chi connectivity index (χ4n) is 2.87. The predicted molar refractivity (Wildman–Crippen MR) is 105 cm³/mol. The molecule has 0 saturated carbocycles. The number of carboxylic acids is 1. The van der Waals surface area contributed by atoms with Crippen molar-refractivity contribution in [3.05, 3.63) is 18.2 Å². The zero-order valence-electron chi connectivity index (χ0n) is 13.7. The number of rotatable bonds is 9. The fourth-order valence-corrected chi connectivity index (χ4v) is 3.28. The number of alkyl halides is 2. The van der Waals surface area contributed by atoms with Crippen LogP contribution in [0.4, 0.5) is 17.1 Å². The predicted octanol–water partition coefficient (Wildman–Crippen LogP) is 3.84. The van der Waals surface area contributed by atoms with E-state index in [0.29, 0.717) is 18.2 Å². The molecule has 0 spiro atoms. The number of fused-ring (bicyclic) bond motifs is 1. The summed E-state index contributed by atoms with van der Waals surface area (Å²) in [5.74, 6) is 0.362. The highest BCUT2D eigenvalue weighted by molar-refractivity contribution is 6.18. The summed E-state index contributed by atoms with van der Waals surface area (Å²) >= 11 is 11.7. The molecule has 0 bridgehead atoms. The molecule has 136 valence electrons. The van der Waals surface area contributed by atoms with E-state index in [0.717, 1.165) is 36.6 Å². The minimum Gasteiger partial charge on any atom is -0.481 e. The fraction of sp³-hybridized carbons (Fsp3) is 0.562. The molecule has 0 fully saturated rings. The van der Waals surface area contributed by atoms with Crippen molar-refractivity contribution in [1.82, 2.24) is 0 Å². The lowest BCUT2D eigenvalue weighted by Crippen LogP contribution is -2.32. The Kier molecular flexibility index (Phi) is 8.81. The van der Waals surface area contributed by atoms with E-state index in [9.17, 15) is 4.79 Å². The molecule has 0 saturated heterocycles. The molecule has 1 aromatic rings. The van der Waals surface area contributed by atoms with Crippen molar-refractivity contribution >= 4 is 58.6 Å². The molecule has 2 rings (SSSR count). The van der Waals surface area contributed by atoms with Crippen molar-refractivity contribution in [3.63, 3.8) is 0 Å². The van der Waals surface area contributed by atoms with Gasteiger partial charge in [0.2, 0.25) is 0 Å². The number of nitrogens with one attached hydrogen (secondary N) is 1. The molecular formula is C16H24Cl3N3O2. The van der Waals surface area contributed by atoms with Crippen molar-refractivity contribution in [1.29, 1.82) is 0 Å². The lowest BCUT2D eigenvalue weighted by Gasteiger charge is -2.23. The van der Waals surface area contributed by atoms with E-state index in [1.807, 2.05) is 7.05 Å². The average Bonchev–Trinajstić information content (AvgIpc) is 2.83. The molecule has 1 unspecified atom stereocenters. The molecule has 1 aromatic carbocycles. The minimum absolute atomic E-state index is 0. The van der Waals surface area contributed by atoms with Crippen LogP contribution < -0.4 is 15.1 Å². The van der Waals surface area contributed by atoms with E-state index in [-0.39, 0.29) is 25.0 Å². The summed E-state index contributed by atoms with van der Waals surface area (Å²) in [6.45, 7) is 1.51. The van der Waals surface area contributed by atoms with Crippen LogP contribution in [0.15, 0.2) is 18.2 Å². The third-order valence-electron chi connectivity index (χ3n) is 4.09. The van der Waals surface area contributed by atoms with Crippen LogP contribution in [0.25, 0.3) is 0 Å². The molecule has 24 heavy (non-hydrogen) atoms. The van der Waals surface area contributed by atoms with Gasteiger partial charge in [-0.2, -0.15) is 0 Å². The van der Waals surface area contributed by atoms with Gasteiger partial charge in [0, 0.05) is 44.0 Å². The molecule has 1 aliphatic rings. The zero-order valence-corrected chi connectivity index (χ0v) is 16.0. The number of carboxylic acid groups (broad SMARTS) is 1. The third kappa shape index (κ3) is 5.23. The Morgan fingerprint density at radius 2 is 2.00 bits per heavy atom. The maximum Gasteiger partial charge on any atom is 0.303 e. The van der Waals surface area contributed by atoms with Crippen molar-refractivity contribution < 1.29 is 9.90 Å². The molecule has 0 aliphatic carbocycles. The summed E-state index contributed by atoms with van der Waals surface area (Å²) in [6.07, 6.45) is 1.78. The lowest BCUT2D eigenvalue weighted by atomic mass is 10.2. The number of hydrogen-bond donors (Lipinski definition) is 2. The number of carbonyl (C=O) groups is 1. The van der Waals surface area contributed by atoms with Crippen molar-refractivity contribution in [3.8, 4) is 0 Å². The zero-order chi connectivity index (χ0) is 16.8. The van der Waals surface area contributed by atoms with E-state index < -0.39 is 5.97 Å². The van der Waals surface area contributed by atoms with Gasteiger partial charge in [-0.3, -0.25) is 4.79 Å². The first-order chi connectivity index (χ1) is 11.1. The SMILES string of the molecule is CN1c2ccc(N(CCCl)CCCl)cc2NC1CCCC(=O)O.Cl. The van der Waals surface area contributed by atoms with Crippen molar-refractivity contribution in [2.75, 3.05) is 47.0 Å². The highest BCUT2D eigenvalue weighted by Crippen LogP contribution is 2.37. The van der Waals surface area contributed by atoms with Crippen LogP contribution in [0.1, 0.15) is 19.3 Å². The summed E-state index contributed by atoms with van der Waals surface area (Å²) in [7, 11) is 2.03. The largest absolute Gasteiger partial charge is 0.481 e. The van der Waals surface area contributed by atoms with Gasteiger partial charge < -0.3 is 20.2 Å². The molecule has 2 N–H and O–H groups in total. The molecule has 5 nitrogen and oxygen atoms in total. The second-order valence-corrected chi connectivity index (χ2v) is 6.38. The Balaban J connectivity index is 0.00000288. The van der Waals surface area contributed by atoms with Crippen LogP contribution in [0.2, 0.25) is 0 Å². The molecule has 1 aliphatic heterocycles. The summed E-state index contributed by atoms with van der Waals surface area (Å²) in [5.41, 5.74) is 3.29. The number of nitrogens with zero attached hydrogens (tertiary/aromatic N) is 2. The highest BCUT2D eigenvalue weighted by Gasteiger charge is 2.26. The van der Waals surface area contributed by atoms with Crippen LogP contribution in [0.5, 0.6) is 0 Å². The summed E-state index contributed by atoms with van der Waals surface area (Å²) < 4.78 is 0. The first-order valence-electron chi connectivity index (χ1n) is 7.79. The van der Waals surface area contributed by atoms with Gasteiger partial charge in [0.25, 0.3) is 0 Å². The maximum absolute atomic E-state index is 10.7. The Bertz CT molecular complexity index is 539. The normalized spacial score (nSPS) is 15.5. The highest BCUT2D eigenvalue weighted by atomic mass is 35.5. The number of anilines is 3. The van der Waals surface area contributed by atoms with Crippen molar-refractivity contribution in [2.45, 2.75) is 25.4 Å². The van der Waals surface area contributed by atoms with Crippen molar-refractivity contribution in [2.24, 2.45) is 0 Å². The lowest BCUT2D eigenvalue weighted by molar-refractivity contribution is -0.137. The van der Waals surface area contributed by atoms with E-state index in [1.165, 1.54) is 0 Å². The van der Waals surface area contributed by atoms with Gasteiger partial charge in [0.15, 0.2) is 0 Å². The third-order valence-corrected chi connectivity index (χ3v) is 4.43. The molecule has 1 atom stereocenters. The maximum atomic E-state index is 10.7. The van der Waals surface area contributed by atoms with Gasteiger partial charge in [-0.05, 0) is 31.0 Å². The number of aliphatic carboxylic acids is 1. The van der Waals surface area contributed by atoms with Crippen LogP contribution in [0, 0.1) is 0 Å². The van der Waals surface area contributed by atoms with E-state index in [1.54, 1.807) is 0 Å². The summed E-state index contributed by atoms with van der Waals surface area (Å²) in [5, 5.41) is 12.2.